The van der Waals surface area contributed by atoms with Crippen molar-refractivity contribution in [2.45, 2.75) is 26.7 Å². The topological polar surface area (TPSA) is 119 Å². The Morgan fingerprint density at radius 3 is 2.16 bits per heavy atom. The minimum atomic E-state index is -0.721. The molecule has 1 saturated heterocycles. The second kappa shape index (κ2) is 11.2. The van der Waals surface area contributed by atoms with Crippen LogP contribution in [0.5, 0.6) is 0 Å². The first-order valence-corrected chi connectivity index (χ1v) is 12.2. The van der Waals surface area contributed by atoms with Gasteiger partial charge in [0.2, 0.25) is 11.8 Å². The van der Waals surface area contributed by atoms with E-state index in [0.29, 0.717) is 30.0 Å². The predicted octanol–water partition coefficient (Wildman–Crippen LogP) is 3.75. The lowest BCUT2D eigenvalue weighted by atomic mass is 9.78. The number of carbonyl (C=O) groups is 5. The lowest BCUT2D eigenvalue weighted by molar-refractivity contribution is -0.123. The second-order valence-electron chi connectivity index (χ2n) is 9.05. The molecular weight excluding hydrogens is 476 g/mol. The number of ether oxygens (including phenoxy) is 2. The van der Waals surface area contributed by atoms with E-state index in [1.54, 1.807) is 12.1 Å². The quantitative estimate of drug-likeness (QED) is 0.330. The Morgan fingerprint density at radius 2 is 1.54 bits per heavy atom. The summed E-state index contributed by atoms with van der Waals surface area (Å²) in [5.74, 6) is -2.92. The summed E-state index contributed by atoms with van der Waals surface area (Å²) in [6.07, 6.45) is 5.16. The summed E-state index contributed by atoms with van der Waals surface area (Å²) in [6.45, 7) is 3.64. The standard InChI is InChI=1S/C28H28N2O7/c1-3-15-36-27(34)18-7-11-20(12-8-18)29-23(31)16-37-28(35)19-9-13-21(14-10-19)30-25(32)22-6-4-5-17(2)24(22)26(30)33/h4-5,7-14,17,22,24H,3,6,15-16H2,1-2H3,(H,29,31)/t17-,22+,24-/m0/s1. The monoisotopic (exact) mass is 504 g/mol. The van der Waals surface area contributed by atoms with Crippen molar-refractivity contribution in [3.63, 3.8) is 0 Å². The summed E-state index contributed by atoms with van der Waals surface area (Å²) in [5, 5.41) is 2.59. The Morgan fingerprint density at radius 1 is 0.919 bits per heavy atom. The summed E-state index contributed by atoms with van der Waals surface area (Å²) in [7, 11) is 0. The van der Waals surface area contributed by atoms with Crippen molar-refractivity contribution in [2.24, 2.45) is 17.8 Å². The smallest absolute Gasteiger partial charge is 0.338 e. The zero-order chi connectivity index (χ0) is 26.5. The zero-order valence-corrected chi connectivity index (χ0v) is 20.6. The highest BCUT2D eigenvalue weighted by atomic mass is 16.5. The highest BCUT2D eigenvalue weighted by Gasteiger charge is 2.50. The molecule has 1 heterocycles. The van der Waals surface area contributed by atoms with Crippen LogP contribution in [0.3, 0.4) is 0 Å². The normalized spacial score (nSPS) is 20.4. The maximum Gasteiger partial charge on any atom is 0.338 e. The molecule has 3 amide bonds. The number of allylic oxidation sites excluding steroid dienone is 2. The molecule has 9 heteroatoms. The molecule has 0 bridgehead atoms. The van der Waals surface area contributed by atoms with Gasteiger partial charge in [0.05, 0.1) is 35.3 Å². The van der Waals surface area contributed by atoms with Gasteiger partial charge in [0, 0.05) is 5.69 Å². The third-order valence-corrected chi connectivity index (χ3v) is 6.41. The Labute approximate surface area is 214 Å². The molecule has 2 aliphatic rings. The molecule has 37 heavy (non-hydrogen) atoms. The second-order valence-corrected chi connectivity index (χ2v) is 9.05. The molecule has 2 aromatic rings. The molecule has 0 saturated carbocycles. The number of amides is 3. The van der Waals surface area contributed by atoms with Crippen LogP contribution in [-0.2, 0) is 23.9 Å². The molecule has 9 nitrogen and oxygen atoms in total. The van der Waals surface area contributed by atoms with E-state index in [2.05, 4.69) is 5.32 Å². The van der Waals surface area contributed by atoms with E-state index in [4.69, 9.17) is 9.47 Å². The number of nitrogens with zero attached hydrogens (tertiary/aromatic N) is 1. The van der Waals surface area contributed by atoms with Crippen molar-refractivity contribution in [2.75, 3.05) is 23.4 Å². The van der Waals surface area contributed by atoms with Crippen molar-refractivity contribution in [1.29, 1.82) is 0 Å². The lowest BCUT2D eigenvalue weighted by Gasteiger charge is -2.22. The van der Waals surface area contributed by atoms with Crippen LogP contribution >= 0.6 is 0 Å². The summed E-state index contributed by atoms with van der Waals surface area (Å²) in [5.41, 5.74) is 1.37. The number of nitrogens with one attached hydrogen (secondary N) is 1. The number of benzene rings is 2. The van der Waals surface area contributed by atoms with E-state index >= 15 is 0 Å². The van der Waals surface area contributed by atoms with Gasteiger partial charge in [-0.05, 0) is 67.3 Å². The molecule has 1 aliphatic carbocycles. The third kappa shape index (κ3) is 5.61. The summed E-state index contributed by atoms with van der Waals surface area (Å²) < 4.78 is 10.1. The predicted molar refractivity (Wildman–Crippen MR) is 135 cm³/mol. The number of carbonyl (C=O) groups excluding carboxylic acids is 5. The summed E-state index contributed by atoms with van der Waals surface area (Å²) in [6, 6.07) is 12.1. The van der Waals surface area contributed by atoms with Gasteiger partial charge in [-0.1, -0.05) is 26.0 Å². The summed E-state index contributed by atoms with van der Waals surface area (Å²) in [4.78, 5) is 63.4. The number of anilines is 2. The minimum Gasteiger partial charge on any atom is -0.462 e. The first-order chi connectivity index (χ1) is 17.8. The Hall–Kier alpha value is -4.27. The fraction of sp³-hybridized carbons (Fsp3) is 0.321. The molecule has 1 aliphatic heterocycles. The number of hydrogen-bond acceptors (Lipinski definition) is 7. The van der Waals surface area contributed by atoms with Crippen molar-refractivity contribution in [3.05, 3.63) is 71.8 Å². The van der Waals surface area contributed by atoms with Gasteiger partial charge in [-0.3, -0.25) is 19.3 Å². The first kappa shape index (κ1) is 25.8. The Balaban J connectivity index is 1.30. The van der Waals surface area contributed by atoms with E-state index < -0.39 is 24.5 Å². The zero-order valence-electron chi connectivity index (χ0n) is 20.6. The van der Waals surface area contributed by atoms with Crippen LogP contribution in [-0.4, -0.2) is 42.9 Å². The summed E-state index contributed by atoms with van der Waals surface area (Å²) >= 11 is 0. The molecule has 0 spiro atoms. The van der Waals surface area contributed by atoms with E-state index in [1.165, 1.54) is 41.3 Å². The number of rotatable bonds is 8. The van der Waals surface area contributed by atoms with E-state index in [0.717, 1.165) is 6.42 Å². The van der Waals surface area contributed by atoms with Crippen LogP contribution in [0, 0.1) is 17.8 Å². The van der Waals surface area contributed by atoms with Crippen LogP contribution < -0.4 is 10.2 Å². The number of fused-ring (bicyclic) bond motifs is 1. The van der Waals surface area contributed by atoms with Gasteiger partial charge in [0.25, 0.3) is 5.91 Å². The van der Waals surface area contributed by atoms with E-state index in [9.17, 15) is 24.0 Å². The number of esters is 2. The Kier molecular flexibility index (Phi) is 7.81. The molecule has 4 rings (SSSR count). The molecule has 1 N–H and O–H groups in total. The van der Waals surface area contributed by atoms with Gasteiger partial charge in [0.15, 0.2) is 6.61 Å². The van der Waals surface area contributed by atoms with E-state index in [-0.39, 0.29) is 35.1 Å². The molecule has 1 fully saturated rings. The van der Waals surface area contributed by atoms with E-state index in [1.807, 2.05) is 26.0 Å². The van der Waals surface area contributed by atoms with Crippen LogP contribution in [0.25, 0.3) is 0 Å². The molecule has 2 aromatic carbocycles. The molecule has 0 aromatic heterocycles. The fourth-order valence-corrected chi connectivity index (χ4v) is 4.53. The SMILES string of the molecule is CCCOC(=O)c1ccc(NC(=O)COC(=O)c2ccc(N3C(=O)[C@H]4[C@@H](C)C=CC[C@H]4C3=O)cc2)cc1. The maximum absolute atomic E-state index is 12.9. The van der Waals surface area contributed by atoms with Gasteiger partial charge >= 0.3 is 11.9 Å². The average Bonchev–Trinajstić information content (AvgIpc) is 3.16. The third-order valence-electron chi connectivity index (χ3n) is 6.41. The van der Waals surface area contributed by atoms with Crippen LogP contribution in [0.15, 0.2) is 60.7 Å². The fourth-order valence-electron chi connectivity index (χ4n) is 4.53. The molecule has 0 radical (unpaired) electrons. The van der Waals surface area contributed by atoms with Crippen molar-refractivity contribution in [1.82, 2.24) is 0 Å². The molecule has 192 valence electrons. The molecular formula is C28H28N2O7. The number of imide groups is 1. The minimum absolute atomic E-state index is 0.0131. The first-order valence-electron chi connectivity index (χ1n) is 12.2. The van der Waals surface area contributed by atoms with Crippen molar-refractivity contribution < 1.29 is 33.4 Å². The lowest BCUT2D eigenvalue weighted by Crippen LogP contribution is -2.31. The van der Waals surface area contributed by atoms with Gasteiger partial charge in [-0.2, -0.15) is 0 Å². The van der Waals surface area contributed by atoms with Gasteiger partial charge in [-0.15, -0.1) is 0 Å². The highest BCUT2D eigenvalue weighted by molar-refractivity contribution is 6.22. The van der Waals surface area contributed by atoms with Gasteiger partial charge in [0.1, 0.15) is 0 Å². The van der Waals surface area contributed by atoms with Crippen LogP contribution in [0.2, 0.25) is 0 Å². The van der Waals surface area contributed by atoms with Crippen LogP contribution in [0.1, 0.15) is 47.4 Å². The van der Waals surface area contributed by atoms with Gasteiger partial charge < -0.3 is 14.8 Å². The van der Waals surface area contributed by atoms with Gasteiger partial charge in [-0.25, -0.2) is 9.59 Å². The average molecular weight is 505 g/mol. The maximum atomic E-state index is 12.9. The van der Waals surface area contributed by atoms with Crippen molar-refractivity contribution in [3.8, 4) is 0 Å². The van der Waals surface area contributed by atoms with Crippen LogP contribution in [0.4, 0.5) is 11.4 Å². The van der Waals surface area contributed by atoms with Crippen molar-refractivity contribution >= 4 is 41.0 Å². The highest BCUT2D eigenvalue weighted by Crippen LogP contribution is 2.40. The number of hydrogen-bond donors (Lipinski definition) is 1. The molecule has 0 unspecified atom stereocenters. The largest absolute Gasteiger partial charge is 0.462 e. The Bertz CT molecular complexity index is 1230. The molecule has 3 atom stereocenters.